The molecule has 0 fully saturated rings. The van der Waals surface area contributed by atoms with Gasteiger partial charge in [0.2, 0.25) is 5.91 Å². The van der Waals surface area contributed by atoms with E-state index in [1.165, 1.54) is 0 Å². The summed E-state index contributed by atoms with van der Waals surface area (Å²) in [7, 11) is 3.62. The van der Waals surface area contributed by atoms with Crippen molar-refractivity contribution in [3.8, 4) is 0 Å². The first-order chi connectivity index (χ1) is 7.19. The van der Waals surface area contributed by atoms with E-state index in [0.29, 0.717) is 13.0 Å². The predicted octanol–water partition coefficient (Wildman–Crippen LogP) is 1.04. The molecule has 0 saturated carbocycles. The van der Waals surface area contributed by atoms with E-state index in [1.807, 2.05) is 31.3 Å². The molecule has 1 aromatic rings. The highest BCUT2D eigenvalue weighted by Crippen LogP contribution is 2.16. The summed E-state index contributed by atoms with van der Waals surface area (Å²) in [5.41, 5.74) is 7.24. The minimum absolute atomic E-state index is 0.0368. The Balaban J connectivity index is 2.73. The van der Waals surface area contributed by atoms with Crippen LogP contribution in [-0.2, 0) is 4.79 Å². The van der Waals surface area contributed by atoms with E-state index in [0.717, 1.165) is 11.4 Å². The molecule has 0 heterocycles. The van der Waals surface area contributed by atoms with Gasteiger partial charge >= 0.3 is 0 Å². The minimum atomic E-state index is 0.0368. The summed E-state index contributed by atoms with van der Waals surface area (Å²) in [6, 6.07) is 7.67. The second-order valence-electron chi connectivity index (χ2n) is 3.29. The van der Waals surface area contributed by atoms with Crippen molar-refractivity contribution < 1.29 is 4.79 Å². The van der Waals surface area contributed by atoms with Gasteiger partial charge in [-0.05, 0) is 24.3 Å². The third-order valence-corrected chi connectivity index (χ3v) is 2.28. The summed E-state index contributed by atoms with van der Waals surface area (Å²) in [5, 5.41) is 3.02. The monoisotopic (exact) mass is 207 g/mol. The van der Waals surface area contributed by atoms with Gasteiger partial charge in [0.15, 0.2) is 0 Å². The van der Waals surface area contributed by atoms with Gasteiger partial charge in [0, 0.05) is 38.4 Å². The molecule has 0 atom stereocenters. The molecule has 1 amide bonds. The summed E-state index contributed by atoms with van der Waals surface area (Å²) in [4.78, 5) is 13.1. The van der Waals surface area contributed by atoms with Gasteiger partial charge in [-0.2, -0.15) is 0 Å². The lowest BCUT2D eigenvalue weighted by atomic mass is 10.2. The van der Waals surface area contributed by atoms with Crippen LogP contribution in [0.15, 0.2) is 24.3 Å². The molecular weight excluding hydrogens is 190 g/mol. The van der Waals surface area contributed by atoms with Crippen LogP contribution in [0.2, 0.25) is 0 Å². The lowest BCUT2D eigenvalue weighted by Gasteiger charge is -2.17. The quantitative estimate of drug-likeness (QED) is 0.775. The number of nitrogens with zero attached hydrogens (tertiary/aromatic N) is 1. The molecule has 3 N–H and O–H groups in total. The number of nitrogens with one attached hydrogen (secondary N) is 1. The molecule has 0 radical (unpaired) electrons. The van der Waals surface area contributed by atoms with Crippen LogP contribution in [0.4, 0.5) is 11.4 Å². The highest BCUT2D eigenvalue weighted by atomic mass is 16.2. The number of benzene rings is 1. The molecule has 0 aromatic heterocycles. The van der Waals surface area contributed by atoms with Crippen LogP contribution in [0.5, 0.6) is 0 Å². The Bertz CT molecular complexity index is 321. The second kappa shape index (κ2) is 5.36. The van der Waals surface area contributed by atoms with Crippen molar-refractivity contribution in [3.05, 3.63) is 24.3 Å². The first-order valence-corrected chi connectivity index (χ1v) is 4.93. The Morgan fingerprint density at radius 2 is 2.00 bits per heavy atom. The highest BCUT2D eigenvalue weighted by molar-refractivity contribution is 5.93. The number of hydrogen-bond donors (Lipinski definition) is 2. The van der Waals surface area contributed by atoms with E-state index < -0.39 is 0 Å². The van der Waals surface area contributed by atoms with Crippen LogP contribution in [0.3, 0.4) is 0 Å². The van der Waals surface area contributed by atoms with E-state index in [9.17, 15) is 4.79 Å². The van der Waals surface area contributed by atoms with Crippen LogP contribution >= 0.6 is 0 Å². The van der Waals surface area contributed by atoms with Crippen molar-refractivity contribution in [1.29, 1.82) is 0 Å². The van der Waals surface area contributed by atoms with Crippen molar-refractivity contribution in [3.63, 3.8) is 0 Å². The van der Waals surface area contributed by atoms with E-state index in [1.54, 1.807) is 11.9 Å². The van der Waals surface area contributed by atoms with Gasteiger partial charge < -0.3 is 16.0 Å². The molecular formula is C11H17N3O. The molecule has 0 unspecified atom stereocenters. The topological polar surface area (TPSA) is 58.4 Å². The molecule has 0 bridgehead atoms. The average molecular weight is 207 g/mol. The van der Waals surface area contributed by atoms with E-state index >= 15 is 0 Å². The number of rotatable bonds is 4. The maximum Gasteiger partial charge on any atom is 0.227 e. The summed E-state index contributed by atoms with van der Waals surface area (Å²) >= 11 is 0. The summed E-state index contributed by atoms with van der Waals surface area (Å²) in [6.45, 7) is 0.387. The SMILES string of the molecule is CNc1ccc(N(C)C(=O)CCN)cc1. The van der Waals surface area contributed by atoms with Crippen LogP contribution in [0.25, 0.3) is 0 Å². The van der Waals surface area contributed by atoms with Gasteiger partial charge in [0.1, 0.15) is 0 Å². The zero-order chi connectivity index (χ0) is 11.3. The molecule has 4 heteroatoms. The third-order valence-electron chi connectivity index (χ3n) is 2.28. The first kappa shape index (κ1) is 11.5. The Hall–Kier alpha value is -1.55. The fourth-order valence-electron chi connectivity index (χ4n) is 1.29. The van der Waals surface area contributed by atoms with Gasteiger partial charge in [-0.25, -0.2) is 0 Å². The summed E-state index contributed by atoms with van der Waals surface area (Å²) < 4.78 is 0. The lowest BCUT2D eigenvalue weighted by Crippen LogP contribution is -2.27. The molecule has 0 saturated heterocycles. The summed E-state index contributed by atoms with van der Waals surface area (Å²) in [5.74, 6) is 0.0368. The smallest absolute Gasteiger partial charge is 0.227 e. The molecule has 0 spiro atoms. The van der Waals surface area contributed by atoms with Crippen molar-refractivity contribution >= 4 is 17.3 Å². The van der Waals surface area contributed by atoms with Crippen LogP contribution in [0.1, 0.15) is 6.42 Å². The molecule has 0 aliphatic rings. The second-order valence-corrected chi connectivity index (χ2v) is 3.29. The molecule has 0 aliphatic carbocycles. The fourth-order valence-corrected chi connectivity index (χ4v) is 1.29. The van der Waals surface area contributed by atoms with E-state index in [2.05, 4.69) is 5.32 Å². The van der Waals surface area contributed by atoms with Gasteiger partial charge in [-0.3, -0.25) is 4.79 Å². The Labute approximate surface area is 90.1 Å². The standard InChI is InChI=1S/C11H17N3O/c1-13-9-3-5-10(6-4-9)14(2)11(15)7-8-12/h3-6,13H,7-8,12H2,1-2H3. The predicted molar refractivity (Wildman–Crippen MR) is 63.1 cm³/mol. The maximum atomic E-state index is 11.5. The number of nitrogens with two attached hydrogens (primary N) is 1. The maximum absolute atomic E-state index is 11.5. The van der Waals surface area contributed by atoms with Gasteiger partial charge in [0.05, 0.1) is 0 Å². The molecule has 82 valence electrons. The Morgan fingerprint density at radius 3 is 2.47 bits per heavy atom. The molecule has 15 heavy (non-hydrogen) atoms. The molecule has 0 aliphatic heterocycles. The summed E-state index contributed by atoms with van der Waals surface area (Å²) in [6.07, 6.45) is 0.379. The fraction of sp³-hybridized carbons (Fsp3) is 0.364. The average Bonchev–Trinajstić information content (AvgIpc) is 2.28. The van der Waals surface area contributed by atoms with Crippen molar-refractivity contribution in [2.45, 2.75) is 6.42 Å². The third kappa shape index (κ3) is 2.95. The van der Waals surface area contributed by atoms with E-state index in [-0.39, 0.29) is 5.91 Å². The Morgan fingerprint density at radius 1 is 1.40 bits per heavy atom. The Kier molecular flexibility index (Phi) is 4.12. The number of hydrogen-bond acceptors (Lipinski definition) is 3. The normalized spacial score (nSPS) is 9.80. The zero-order valence-corrected chi connectivity index (χ0v) is 9.16. The van der Waals surface area contributed by atoms with Gasteiger partial charge in [0.25, 0.3) is 0 Å². The highest BCUT2D eigenvalue weighted by Gasteiger charge is 2.08. The molecule has 1 aromatic carbocycles. The first-order valence-electron chi connectivity index (χ1n) is 4.93. The number of amides is 1. The van der Waals surface area contributed by atoms with Crippen molar-refractivity contribution in [1.82, 2.24) is 0 Å². The zero-order valence-electron chi connectivity index (χ0n) is 9.16. The number of anilines is 2. The molecule has 4 nitrogen and oxygen atoms in total. The minimum Gasteiger partial charge on any atom is -0.388 e. The van der Waals surface area contributed by atoms with Crippen molar-refractivity contribution in [2.75, 3.05) is 30.9 Å². The van der Waals surface area contributed by atoms with Crippen LogP contribution < -0.4 is 16.0 Å². The largest absolute Gasteiger partial charge is 0.388 e. The van der Waals surface area contributed by atoms with E-state index in [4.69, 9.17) is 5.73 Å². The lowest BCUT2D eigenvalue weighted by molar-refractivity contribution is -0.118. The van der Waals surface area contributed by atoms with Gasteiger partial charge in [-0.1, -0.05) is 0 Å². The van der Waals surface area contributed by atoms with Crippen LogP contribution in [0, 0.1) is 0 Å². The molecule has 1 rings (SSSR count). The van der Waals surface area contributed by atoms with Crippen molar-refractivity contribution in [2.24, 2.45) is 5.73 Å². The van der Waals surface area contributed by atoms with Crippen LogP contribution in [-0.4, -0.2) is 26.5 Å². The number of carbonyl (C=O) groups excluding carboxylic acids is 1. The number of carbonyl (C=O) groups is 1. The van der Waals surface area contributed by atoms with Gasteiger partial charge in [-0.15, -0.1) is 0 Å².